The van der Waals surface area contributed by atoms with Crippen LogP contribution in [0.15, 0.2) is 18.9 Å². The minimum Gasteiger partial charge on any atom is -0.385 e. The lowest BCUT2D eigenvalue weighted by Gasteiger charge is -2.36. The van der Waals surface area contributed by atoms with Gasteiger partial charge in [0.25, 0.3) is 0 Å². The van der Waals surface area contributed by atoms with Crippen LogP contribution in [-0.2, 0) is 67.4 Å². The van der Waals surface area contributed by atoms with Gasteiger partial charge in [-0.1, -0.05) is 89.2 Å². The number of rotatable bonds is 38. The van der Waals surface area contributed by atoms with E-state index in [0.717, 1.165) is 12.8 Å². The molecule has 3 aromatic heterocycles. The summed E-state index contributed by atoms with van der Waals surface area (Å²) in [6.07, 6.45) is 20.9. The first-order chi connectivity index (χ1) is 30.7. The van der Waals surface area contributed by atoms with Gasteiger partial charge in [0.1, 0.15) is 29.2 Å². The molecule has 0 spiro atoms. The fourth-order valence-electron chi connectivity index (χ4n) is 7.39. The Morgan fingerprint density at radius 1 is 0.905 bits per heavy atom. The third-order valence-electron chi connectivity index (χ3n) is 10.7. The molecule has 0 aromatic carbocycles. The number of nitrogens with two attached hydrogens (primary N) is 1. The maximum Gasteiger partial charge on any atom is 0.220 e. The Labute approximate surface area is 378 Å². The van der Waals surface area contributed by atoms with E-state index < -0.39 is 24.4 Å². The highest BCUT2D eigenvalue weighted by molar-refractivity contribution is 8.09. The molecule has 63 heavy (non-hydrogen) atoms. The van der Waals surface area contributed by atoms with Crippen molar-refractivity contribution in [1.29, 1.82) is 0 Å². The lowest BCUT2D eigenvalue weighted by Crippen LogP contribution is -2.47. The van der Waals surface area contributed by atoms with E-state index in [4.69, 9.17) is 55.2 Å². The minimum absolute atomic E-state index is 0.0606. The molecule has 1 fully saturated rings. The third kappa shape index (κ3) is 20.1. The van der Waals surface area contributed by atoms with E-state index in [0.29, 0.717) is 102 Å². The van der Waals surface area contributed by atoms with Gasteiger partial charge in [-0.3, -0.25) is 9.36 Å². The van der Waals surface area contributed by atoms with Crippen LogP contribution in [0, 0.1) is 0 Å². The van der Waals surface area contributed by atoms with Gasteiger partial charge in [-0.2, -0.15) is 0 Å². The molecule has 21 heteroatoms. The number of ether oxygens (including phenoxy) is 7. The van der Waals surface area contributed by atoms with E-state index in [1.165, 1.54) is 83.6 Å². The number of aromatic nitrogens is 7. The standard InChI is InChI=1S/C42H74N9O10PS/c1-4-5-6-7-8-9-10-11-12-13-14-15-16-17-36(52)44-19-22-55-24-26-57-28-29-58-27-25-56-23-20-50-30-35(48-49-50)31-59-38-41(51-34-47-37-39(43)45-33-46-40(37)51)60-32-42(38,18-21-54-2)61-62(3,53)63/h30,33-34,38,41H,4-29,31-32H2,1-3H3,(H,44,52)(H,53,63)(H2,43,45,46)/t38?,41-,42?,62?/m1/s1. The number of nitrogen functional groups attached to an aromatic ring is 1. The number of unbranched alkanes of at least 4 members (excludes halogenated alkanes) is 12. The SMILES string of the molecule is CCCCCCCCCCCCCCCC(=O)NCCOCCOCCOCCOCCn1cc(COC2[C@H](n3cnc4c(N)ncnc43)OCC2(CCOC)OP(C)(O)=S)nn1. The number of amides is 1. The van der Waals surface area contributed by atoms with Crippen LogP contribution in [0.25, 0.3) is 11.2 Å². The second-order valence-corrected chi connectivity index (χ2v) is 19.8. The smallest absolute Gasteiger partial charge is 0.220 e. The molecule has 0 radical (unpaired) electrons. The average molecular weight is 928 g/mol. The number of carbonyl (C=O) groups excluding carboxylic acids is 1. The van der Waals surface area contributed by atoms with Crippen LogP contribution in [0.3, 0.4) is 0 Å². The minimum atomic E-state index is -3.18. The molecule has 4 heterocycles. The Balaban J connectivity index is 0.999. The van der Waals surface area contributed by atoms with Crippen LogP contribution in [0.5, 0.6) is 0 Å². The molecule has 1 aliphatic heterocycles. The highest BCUT2D eigenvalue weighted by atomic mass is 32.5. The molecule has 358 valence electrons. The van der Waals surface area contributed by atoms with Crippen molar-refractivity contribution in [2.45, 2.75) is 134 Å². The Bertz CT molecular complexity index is 1740. The van der Waals surface area contributed by atoms with E-state index in [1.54, 1.807) is 28.9 Å². The molecule has 0 saturated carbocycles. The summed E-state index contributed by atoms with van der Waals surface area (Å²) in [5.41, 5.74) is 6.35. The van der Waals surface area contributed by atoms with Gasteiger partial charge in [0.15, 0.2) is 24.2 Å². The van der Waals surface area contributed by atoms with Gasteiger partial charge in [0, 0.05) is 39.8 Å². The van der Waals surface area contributed by atoms with Gasteiger partial charge in [0.05, 0.1) is 85.1 Å². The second-order valence-electron chi connectivity index (χ2n) is 16.0. The molecule has 1 amide bonds. The average Bonchev–Trinajstić information content (AvgIpc) is 3.99. The van der Waals surface area contributed by atoms with Crippen LogP contribution in [0.4, 0.5) is 5.82 Å². The normalized spacial score (nSPS) is 18.7. The molecule has 19 nitrogen and oxygen atoms in total. The Morgan fingerprint density at radius 2 is 1.52 bits per heavy atom. The molecule has 3 unspecified atom stereocenters. The Kier molecular flexibility index (Phi) is 25.6. The number of hydrogen-bond donors (Lipinski definition) is 3. The Hall–Kier alpha value is -2.75. The first-order valence-electron chi connectivity index (χ1n) is 22.8. The van der Waals surface area contributed by atoms with E-state index in [9.17, 15) is 9.69 Å². The zero-order valence-corrected chi connectivity index (χ0v) is 39.6. The van der Waals surface area contributed by atoms with E-state index >= 15 is 0 Å². The summed E-state index contributed by atoms with van der Waals surface area (Å²) >= 11 is 5.33. The van der Waals surface area contributed by atoms with Crippen molar-refractivity contribution in [3.05, 3.63) is 24.5 Å². The maximum absolute atomic E-state index is 12.1. The molecule has 3 aromatic rings. The van der Waals surface area contributed by atoms with E-state index in [2.05, 4.69) is 37.5 Å². The number of fused-ring (bicyclic) bond motifs is 1. The number of hydrogen-bond acceptors (Lipinski definition) is 16. The number of methoxy groups -OCH3 is 1. The molecule has 4 atom stereocenters. The van der Waals surface area contributed by atoms with Crippen molar-refractivity contribution >= 4 is 41.2 Å². The third-order valence-corrected chi connectivity index (χ3v) is 11.6. The quantitative estimate of drug-likeness (QED) is 0.0477. The molecule has 1 saturated heterocycles. The Morgan fingerprint density at radius 3 is 2.16 bits per heavy atom. The van der Waals surface area contributed by atoms with Crippen molar-refractivity contribution in [1.82, 2.24) is 39.8 Å². The summed E-state index contributed by atoms with van der Waals surface area (Å²) in [4.78, 5) is 35.6. The second kappa shape index (κ2) is 30.5. The topological polar surface area (TPSA) is 223 Å². The van der Waals surface area contributed by atoms with Gasteiger partial charge in [0.2, 0.25) is 5.91 Å². The van der Waals surface area contributed by atoms with Crippen LogP contribution >= 0.6 is 6.49 Å². The summed E-state index contributed by atoms with van der Waals surface area (Å²) in [5, 5.41) is 11.4. The summed E-state index contributed by atoms with van der Waals surface area (Å²) in [6, 6.07) is 0. The predicted octanol–water partition coefficient (Wildman–Crippen LogP) is 5.50. The van der Waals surface area contributed by atoms with Gasteiger partial charge in [-0.05, 0) is 18.2 Å². The predicted molar refractivity (Wildman–Crippen MR) is 243 cm³/mol. The van der Waals surface area contributed by atoms with E-state index in [-0.39, 0.29) is 24.9 Å². The van der Waals surface area contributed by atoms with Gasteiger partial charge < -0.3 is 53.6 Å². The monoisotopic (exact) mass is 928 g/mol. The first kappa shape index (κ1) is 52.9. The van der Waals surface area contributed by atoms with Gasteiger partial charge in [-0.15, -0.1) is 5.10 Å². The summed E-state index contributed by atoms with van der Waals surface area (Å²) in [7, 11) is 1.58. The molecular weight excluding hydrogens is 854 g/mol. The first-order valence-corrected chi connectivity index (χ1v) is 25.9. The summed E-state index contributed by atoms with van der Waals surface area (Å²) in [5.74, 6) is 0.332. The maximum atomic E-state index is 12.1. The van der Waals surface area contributed by atoms with Crippen LogP contribution in [-0.4, -0.2) is 143 Å². The van der Waals surface area contributed by atoms with Gasteiger partial charge in [-0.25, -0.2) is 19.6 Å². The fraction of sp³-hybridized carbons (Fsp3) is 0.810. The number of anilines is 1. The summed E-state index contributed by atoms with van der Waals surface area (Å²) < 4.78 is 50.2. The van der Waals surface area contributed by atoms with Crippen LogP contribution < -0.4 is 11.1 Å². The molecule has 4 N–H and O–H groups in total. The van der Waals surface area contributed by atoms with E-state index in [1.807, 2.05) is 0 Å². The zero-order chi connectivity index (χ0) is 45.0. The number of carbonyl (C=O) groups is 1. The highest BCUT2D eigenvalue weighted by Crippen LogP contribution is 2.51. The number of nitrogens with zero attached hydrogens (tertiary/aromatic N) is 7. The van der Waals surface area contributed by atoms with Gasteiger partial charge >= 0.3 is 0 Å². The highest BCUT2D eigenvalue weighted by Gasteiger charge is 2.54. The van der Waals surface area contributed by atoms with Crippen molar-refractivity contribution in [2.75, 3.05) is 92.1 Å². The zero-order valence-electron chi connectivity index (χ0n) is 37.9. The summed E-state index contributed by atoms with van der Waals surface area (Å²) in [6.45, 7) is 5.51. The molecule has 0 bridgehead atoms. The lowest BCUT2D eigenvalue weighted by atomic mass is 9.95. The fourth-order valence-corrected chi connectivity index (χ4v) is 8.75. The molecular formula is C42H74N9O10PS. The molecule has 1 aliphatic rings. The van der Waals surface area contributed by atoms with Crippen LogP contribution in [0.2, 0.25) is 0 Å². The molecule has 0 aliphatic carbocycles. The lowest BCUT2D eigenvalue weighted by molar-refractivity contribution is -0.121. The van der Waals surface area contributed by atoms with Crippen molar-refractivity contribution in [3.63, 3.8) is 0 Å². The van der Waals surface area contributed by atoms with Crippen molar-refractivity contribution in [2.24, 2.45) is 0 Å². The largest absolute Gasteiger partial charge is 0.385 e. The number of nitrogens with one attached hydrogen (secondary N) is 1. The van der Waals surface area contributed by atoms with Crippen LogP contribution in [0.1, 0.15) is 115 Å². The molecule has 4 rings (SSSR count). The van der Waals surface area contributed by atoms with Crippen molar-refractivity contribution in [3.8, 4) is 0 Å². The van der Waals surface area contributed by atoms with Crippen molar-refractivity contribution < 1.29 is 47.4 Å². The number of imidazole rings is 1.